The molecule has 0 spiro atoms. The van der Waals surface area contributed by atoms with Crippen LogP contribution in [0.2, 0.25) is 0 Å². The summed E-state index contributed by atoms with van der Waals surface area (Å²) in [4.78, 5) is 4.73. The fraction of sp³-hybridized carbons (Fsp3) is 0.414. The Morgan fingerprint density at radius 1 is 0.710 bits per heavy atom. The molecule has 1 heterocycles. The van der Waals surface area contributed by atoms with Crippen molar-refractivity contribution in [2.45, 2.75) is 71.6 Å². The lowest BCUT2D eigenvalue weighted by Crippen LogP contribution is -1.99. The van der Waals surface area contributed by atoms with Crippen LogP contribution in [0.5, 0.6) is 5.75 Å². The molecule has 0 aliphatic heterocycles. The van der Waals surface area contributed by atoms with E-state index in [0.29, 0.717) is 5.92 Å². The molecule has 0 fully saturated rings. The molecule has 2 aromatic carbocycles. The predicted molar refractivity (Wildman–Crippen MR) is 132 cm³/mol. The van der Waals surface area contributed by atoms with Crippen molar-refractivity contribution in [2.24, 2.45) is 0 Å². The van der Waals surface area contributed by atoms with E-state index in [9.17, 15) is 0 Å². The van der Waals surface area contributed by atoms with Crippen molar-refractivity contribution in [2.75, 3.05) is 6.61 Å². The highest BCUT2D eigenvalue weighted by molar-refractivity contribution is 5.64. The number of rotatable bonds is 12. The molecule has 0 aliphatic carbocycles. The number of benzene rings is 2. The zero-order valence-electron chi connectivity index (χ0n) is 19.4. The second kappa shape index (κ2) is 12.3. The van der Waals surface area contributed by atoms with Crippen LogP contribution in [0.1, 0.15) is 82.0 Å². The average molecular weight is 416 g/mol. The third kappa shape index (κ3) is 6.95. The van der Waals surface area contributed by atoms with Gasteiger partial charge >= 0.3 is 0 Å². The minimum absolute atomic E-state index is 0.338. The smallest absolute Gasteiger partial charge is 0.119 e. The molecular weight excluding hydrogens is 378 g/mol. The summed E-state index contributed by atoms with van der Waals surface area (Å²) in [5.41, 5.74) is 6.26. The summed E-state index contributed by atoms with van der Waals surface area (Å²) >= 11 is 0. The molecule has 2 nitrogen and oxygen atoms in total. The molecule has 0 saturated heterocycles. The number of nitrogens with zero attached hydrogens (tertiary/aromatic N) is 1. The number of hydrogen-bond acceptors (Lipinski definition) is 2. The van der Waals surface area contributed by atoms with E-state index in [4.69, 9.17) is 9.72 Å². The van der Waals surface area contributed by atoms with Gasteiger partial charge in [-0.2, -0.15) is 0 Å². The van der Waals surface area contributed by atoms with Crippen molar-refractivity contribution >= 4 is 0 Å². The maximum absolute atomic E-state index is 5.69. The van der Waals surface area contributed by atoms with Gasteiger partial charge in [-0.1, -0.05) is 88.9 Å². The van der Waals surface area contributed by atoms with Gasteiger partial charge in [0, 0.05) is 17.8 Å². The Morgan fingerprint density at radius 3 is 1.97 bits per heavy atom. The first-order valence-electron chi connectivity index (χ1n) is 12.0. The van der Waals surface area contributed by atoms with Gasteiger partial charge in [0.15, 0.2) is 0 Å². The number of aromatic nitrogens is 1. The Kier molecular flexibility index (Phi) is 9.15. The van der Waals surface area contributed by atoms with Crippen molar-refractivity contribution in [3.8, 4) is 16.9 Å². The van der Waals surface area contributed by atoms with Gasteiger partial charge in [-0.05, 0) is 59.7 Å². The van der Waals surface area contributed by atoms with E-state index in [-0.39, 0.29) is 0 Å². The molecule has 0 amide bonds. The first-order chi connectivity index (χ1) is 15.2. The van der Waals surface area contributed by atoms with Gasteiger partial charge in [-0.3, -0.25) is 4.98 Å². The second-order valence-corrected chi connectivity index (χ2v) is 8.46. The molecule has 164 valence electrons. The van der Waals surface area contributed by atoms with Gasteiger partial charge in [-0.25, -0.2) is 0 Å². The van der Waals surface area contributed by atoms with E-state index in [1.807, 2.05) is 0 Å². The van der Waals surface area contributed by atoms with Crippen LogP contribution in [0.25, 0.3) is 11.1 Å². The van der Waals surface area contributed by atoms with Crippen LogP contribution < -0.4 is 4.74 Å². The minimum Gasteiger partial charge on any atom is -0.494 e. The molecule has 0 radical (unpaired) electrons. The molecule has 0 N–H and O–H groups in total. The monoisotopic (exact) mass is 415 g/mol. The van der Waals surface area contributed by atoms with E-state index in [1.165, 1.54) is 60.1 Å². The quantitative estimate of drug-likeness (QED) is 0.278. The third-order valence-electron chi connectivity index (χ3n) is 5.96. The van der Waals surface area contributed by atoms with Crippen LogP contribution in [0, 0.1) is 0 Å². The molecule has 0 bridgehead atoms. The highest BCUT2D eigenvalue weighted by atomic mass is 16.5. The number of pyridine rings is 1. The first-order valence-corrected chi connectivity index (χ1v) is 12.0. The summed E-state index contributed by atoms with van der Waals surface area (Å²) in [6, 6.07) is 21.7. The Balaban J connectivity index is 1.57. The van der Waals surface area contributed by atoms with E-state index in [1.54, 1.807) is 0 Å². The summed E-state index contributed by atoms with van der Waals surface area (Å²) in [5, 5.41) is 0. The second-order valence-electron chi connectivity index (χ2n) is 8.46. The van der Waals surface area contributed by atoms with Gasteiger partial charge < -0.3 is 4.74 Å². The van der Waals surface area contributed by atoms with Gasteiger partial charge in [0.05, 0.1) is 6.61 Å². The molecule has 1 atom stereocenters. The van der Waals surface area contributed by atoms with Crippen LogP contribution in [-0.2, 0) is 6.42 Å². The third-order valence-corrected chi connectivity index (χ3v) is 5.96. The number of hydrogen-bond donors (Lipinski definition) is 0. The summed E-state index contributed by atoms with van der Waals surface area (Å²) in [6.07, 6.45) is 10.7. The molecule has 0 aliphatic rings. The fourth-order valence-electron chi connectivity index (χ4n) is 3.87. The van der Waals surface area contributed by atoms with Crippen molar-refractivity contribution in [1.29, 1.82) is 0 Å². The average Bonchev–Trinajstić information content (AvgIpc) is 2.83. The molecule has 1 aromatic heterocycles. The van der Waals surface area contributed by atoms with E-state index < -0.39 is 0 Å². The molecule has 0 saturated carbocycles. The number of unbranched alkanes of at least 4 members (excludes halogenated alkanes) is 4. The fourth-order valence-corrected chi connectivity index (χ4v) is 3.87. The SMILES string of the molecule is CCCCCCCc1ccc(C(C)c2ccc(-c3ccc(OCCC)cc3)cc2)cn1. The standard InChI is InChI=1S/C29H37NO/c1-4-6-7-8-9-10-28-18-15-27(22-30-28)23(3)24-11-13-25(14-12-24)26-16-19-29(20-17-26)31-21-5-2/h11-20,22-23H,4-10,21H2,1-3H3. The summed E-state index contributed by atoms with van der Waals surface area (Å²) < 4.78 is 5.69. The van der Waals surface area contributed by atoms with E-state index >= 15 is 0 Å². The van der Waals surface area contributed by atoms with Crippen LogP contribution in [0.4, 0.5) is 0 Å². The maximum atomic E-state index is 5.69. The normalized spacial score (nSPS) is 12.0. The Labute approximate surface area is 188 Å². The zero-order valence-corrected chi connectivity index (χ0v) is 19.4. The summed E-state index contributed by atoms with van der Waals surface area (Å²) in [5.74, 6) is 1.28. The highest BCUT2D eigenvalue weighted by Crippen LogP contribution is 2.28. The highest BCUT2D eigenvalue weighted by Gasteiger charge is 2.10. The molecule has 31 heavy (non-hydrogen) atoms. The predicted octanol–water partition coefficient (Wildman–Crippen LogP) is 8.20. The van der Waals surface area contributed by atoms with E-state index in [2.05, 4.69) is 87.6 Å². The van der Waals surface area contributed by atoms with Crippen LogP contribution in [-0.4, -0.2) is 11.6 Å². The number of ether oxygens (including phenoxy) is 1. The molecule has 2 heteroatoms. The van der Waals surface area contributed by atoms with Gasteiger partial charge in [-0.15, -0.1) is 0 Å². The zero-order chi connectivity index (χ0) is 21.9. The lowest BCUT2D eigenvalue weighted by Gasteiger charge is -2.14. The topological polar surface area (TPSA) is 22.1 Å². The van der Waals surface area contributed by atoms with Gasteiger partial charge in [0.1, 0.15) is 5.75 Å². The van der Waals surface area contributed by atoms with Crippen LogP contribution >= 0.6 is 0 Å². The van der Waals surface area contributed by atoms with Crippen molar-refractivity contribution < 1.29 is 4.74 Å². The van der Waals surface area contributed by atoms with Crippen LogP contribution in [0.15, 0.2) is 66.9 Å². The molecule has 3 rings (SSSR count). The lowest BCUT2D eigenvalue weighted by molar-refractivity contribution is 0.317. The minimum atomic E-state index is 0.338. The van der Waals surface area contributed by atoms with Crippen molar-refractivity contribution in [3.63, 3.8) is 0 Å². The molecular formula is C29H37NO. The summed E-state index contributed by atoms with van der Waals surface area (Å²) in [6.45, 7) is 7.41. The van der Waals surface area contributed by atoms with Crippen molar-refractivity contribution in [3.05, 3.63) is 83.7 Å². The molecule has 1 unspecified atom stereocenters. The van der Waals surface area contributed by atoms with Crippen LogP contribution in [0.3, 0.4) is 0 Å². The van der Waals surface area contributed by atoms with Crippen molar-refractivity contribution in [1.82, 2.24) is 4.98 Å². The Morgan fingerprint density at radius 2 is 1.35 bits per heavy atom. The largest absolute Gasteiger partial charge is 0.494 e. The van der Waals surface area contributed by atoms with E-state index in [0.717, 1.165) is 25.2 Å². The lowest BCUT2D eigenvalue weighted by atomic mass is 9.92. The van der Waals surface area contributed by atoms with Gasteiger partial charge in [0.2, 0.25) is 0 Å². The maximum Gasteiger partial charge on any atom is 0.119 e. The summed E-state index contributed by atoms with van der Waals surface area (Å²) in [7, 11) is 0. The Bertz CT molecular complexity index is 882. The van der Waals surface area contributed by atoms with Gasteiger partial charge in [0.25, 0.3) is 0 Å². The number of aryl methyl sites for hydroxylation is 1. The molecule has 3 aromatic rings. The Hall–Kier alpha value is -2.61. The first kappa shape index (κ1) is 23.1.